The summed E-state index contributed by atoms with van der Waals surface area (Å²) in [4.78, 5) is 25.9. The van der Waals surface area contributed by atoms with Gasteiger partial charge in [-0.3, -0.25) is 9.59 Å². The molecule has 1 aliphatic carbocycles. The number of carboxylic acids is 1. The second kappa shape index (κ2) is 5.74. The zero-order valence-corrected chi connectivity index (χ0v) is 12.1. The maximum atomic E-state index is 12.3. The molecule has 19 heavy (non-hydrogen) atoms. The van der Waals surface area contributed by atoms with Crippen LogP contribution >= 0.6 is 11.3 Å². The van der Waals surface area contributed by atoms with Crippen molar-refractivity contribution in [2.24, 2.45) is 5.92 Å². The van der Waals surface area contributed by atoms with Crippen LogP contribution in [0.1, 0.15) is 36.1 Å². The van der Waals surface area contributed by atoms with Crippen LogP contribution in [0.4, 0.5) is 0 Å². The van der Waals surface area contributed by atoms with Crippen molar-refractivity contribution in [3.8, 4) is 0 Å². The van der Waals surface area contributed by atoms with E-state index in [-0.39, 0.29) is 18.4 Å². The monoisotopic (exact) mass is 281 g/mol. The summed E-state index contributed by atoms with van der Waals surface area (Å²) in [6.45, 7) is 4.36. The second-order valence-electron chi connectivity index (χ2n) is 5.07. The highest BCUT2D eigenvalue weighted by Crippen LogP contribution is 2.51. The summed E-state index contributed by atoms with van der Waals surface area (Å²) in [5.41, 5.74) is 1.24. The highest BCUT2D eigenvalue weighted by molar-refractivity contribution is 7.10. The number of hydrogen-bond acceptors (Lipinski definition) is 3. The summed E-state index contributed by atoms with van der Waals surface area (Å²) in [6.07, 6.45) is 1.65. The van der Waals surface area contributed by atoms with Gasteiger partial charge in [-0.25, -0.2) is 0 Å². The van der Waals surface area contributed by atoms with Crippen molar-refractivity contribution >= 4 is 23.2 Å². The molecular weight excluding hydrogens is 262 g/mol. The van der Waals surface area contributed by atoms with Crippen LogP contribution in [0.2, 0.25) is 0 Å². The molecule has 1 heterocycles. The smallest absolute Gasteiger partial charge is 0.323 e. The fourth-order valence-corrected chi connectivity index (χ4v) is 3.56. The molecular formula is C14H19NO3S. The molecule has 2 rings (SSSR count). The molecule has 1 fully saturated rings. The van der Waals surface area contributed by atoms with Gasteiger partial charge >= 0.3 is 5.97 Å². The fraction of sp³-hybridized carbons (Fsp3) is 0.571. The van der Waals surface area contributed by atoms with E-state index in [2.05, 4.69) is 13.0 Å². The molecule has 0 unspecified atom stereocenters. The van der Waals surface area contributed by atoms with Crippen LogP contribution in [0.25, 0.3) is 0 Å². The lowest BCUT2D eigenvalue weighted by molar-refractivity contribution is -0.145. The summed E-state index contributed by atoms with van der Waals surface area (Å²) in [6, 6.07) is 2.07. The number of rotatable bonds is 6. The van der Waals surface area contributed by atoms with E-state index in [0.29, 0.717) is 12.5 Å². The third-order valence-electron chi connectivity index (χ3n) is 3.48. The van der Waals surface area contributed by atoms with E-state index >= 15 is 0 Å². The van der Waals surface area contributed by atoms with E-state index in [0.717, 1.165) is 12.8 Å². The van der Waals surface area contributed by atoms with Crippen LogP contribution in [0, 0.1) is 12.8 Å². The van der Waals surface area contributed by atoms with Crippen molar-refractivity contribution in [3.63, 3.8) is 0 Å². The first kappa shape index (κ1) is 14.1. The molecule has 1 N–H and O–H groups in total. The van der Waals surface area contributed by atoms with Crippen molar-refractivity contribution in [1.29, 1.82) is 0 Å². The summed E-state index contributed by atoms with van der Waals surface area (Å²) in [7, 11) is 0. The second-order valence-corrected chi connectivity index (χ2v) is 6.02. The normalized spacial score (nSPS) is 21.2. The maximum Gasteiger partial charge on any atom is 0.323 e. The summed E-state index contributed by atoms with van der Waals surface area (Å²) in [5.74, 6) is -0.641. The molecule has 1 aliphatic rings. The summed E-state index contributed by atoms with van der Waals surface area (Å²) < 4.78 is 0. The Hall–Kier alpha value is -1.36. The first-order chi connectivity index (χ1) is 9.04. The number of aryl methyl sites for hydroxylation is 1. The Bertz CT molecular complexity index is 483. The molecule has 104 valence electrons. The highest BCUT2D eigenvalue weighted by Gasteiger charge is 2.47. The van der Waals surface area contributed by atoms with Gasteiger partial charge in [0.1, 0.15) is 6.54 Å². The number of aliphatic carboxylic acids is 1. The quantitative estimate of drug-likeness (QED) is 0.871. The summed E-state index contributed by atoms with van der Waals surface area (Å²) in [5, 5.41) is 10.9. The minimum Gasteiger partial charge on any atom is -0.480 e. The van der Waals surface area contributed by atoms with Crippen molar-refractivity contribution in [2.45, 2.75) is 32.6 Å². The number of carbonyl (C=O) groups is 2. The van der Waals surface area contributed by atoms with Gasteiger partial charge in [0.2, 0.25) is 5.91 Å². The van der Waals surface area contributed by atoms with Gasteiger partial charge < -0.3 is 10.0 Å². The molecule has 1 saturated carbocycles. The van der Waals surface area contributed by atoms with Gasteiger partial charge in [0, 0.05) is 23.3 Å². The largest absolute Gasteiger partial charge is 0.480 e. The Morgan fingerprint density at radius 2 is 2.26 bits per heavy atom. The van der Waals surface area contributed by atoms with Crippen LogP contribution in [-0.4, -0.2) is 35.0 Å². The van der Waals surface area contributed by atoms with Crippen LogP contribution in [-0.2, 0) is 9.59 Å². The predicted octanol–water partition coefficient (Wildman–Crippen LogP) is 2.48. The van der Waals surface area contributed by atoms with Gasteiger partial charge in [0.15, 0.2) is 0 Å². The van der Waals surface area contributed by atoms with Gasteiger partial charge in [-0.05, 0) is 36.8 Å². The standard InChI is InChI=1S/C14H19NO3S/c1-3-5-15(8-12(16)17)14(18)11-7-10(11)13-9(2)4-6-19-13/h4,6,10-11H,3,5,7-8H2,1-2H3,(H,16,17)/t10-,11+/m0/s1. The first-order valence-electron chi connectivity index (χ1n) is 6.59. The molecule has 2 atom stereocenters. The average Bonchev–Trinajstić information content (AvgIpc) is 3.03. The molecule has 0 spiro atoms. The van der Waals surface area contributed by atoms with Gasteiger partial charge in [0.05, 0.1) is 0 Å². The molecule has 5 heteroatoms. The molecule has 0 aromatic carbocycles. The van der Waals surface area contributed by atoms with Crippen molar-refractivity contribution in [1.82, 2.24) is 4.90 Å². The number of nitrogens with zero attached hydrogens (tertiary/aromatic N) is 1. The van der Waals surface area contributed by atoms with E-state index in [4.69, 9.17) is 5.11 Å². The topological polar surface area (TPSA) is 57.6 Å². The number of amides is 1. The van der Waals surface area contributed by atoms with E-state index in [1.54, 1.807) is 11.3 Å². The van der Waals surface area contributed by atoms with Crippen molar-refractivity contribution < 1.29 is 14.7 Å². The third-order valence-corrected chi connectivity index (χ3v) is 4.63. The predicted molar refractivity (Wildman–Crippen MR) is 74.4 cm³/mol. The molecule has 0 aliphatic heterocycles. The maximum absolute atomic E-state index is 12.3. The van der Waals surface area contributed by atoms with Crippen LogP contribution in [0.5, 0.6) is 0 Å². The highest BCUT2D eigenvalue weighted by atomic mass is 32.1. The van der Waals surface area contributed by atoms with Crippen molar-refractivity contribution in [3.05, 3.63) is 21.9 Å². The lowest BCUT2D eigenvalue weighted by Crippen LogP contribution is -2.37. The van der Waals surface area contributed by atoms with Crippen LogP contribution in [0.15, 0.2) is 11.4 Å². The van der Waals surface area contributed by atoms with Gasteiger partial charge in [0.25, 0.3) is 0 Å². The van der Waals surface area contributed by atoms with Crippen molar-refractivity contribution in [2.75, 3.05) is 13.1 Å². The van der Waals surface area contributed by atoms with E-state index in [1.165, 1.54) is 15.3 Å². The molecule has 1 amide bonds. The number of carbonyl (C=O) groups excluding carboxylic acids is 1. The lowest BCUT2D eigenvalue weighted by atomic mass is 10.2. The summed E-state index contributed by atoms with van der Waals surface area (Å²) >= 11 is 1.69. The van der Waals surface area contributed by atoms with Gasteiger partial charge in [-0.15, -0.1) is 11.3 Å². The first-order valence-corrected chi connectivity index (χ1v) is 7.47. The zero-order valence-electron chi connectivity index (χ0n) is 11.3. The molecule has 0 saturated heterocycles. The zero-order chi connectivity index (χ0) is 14.0. The molecule has 4 nitrogen and oxygen atoms in total. The Balaban J connectivity index is 2.00. The SMILES string of the molecule is CCCN(CC(=O)O)C(=O)[C@@H]1C[C@@H]1c1sccc1C. The Labute approximate surface area is 117 Å². The number of hydrogen-bond donors (Lipinski definition) is 1. The van der Waals surface area contributed by atoms with Gasteiger partial charge in [-0.2, -0.15) is 0 Å². The minimum absolute atomic E-state index is 0.00190. The van der Waals surface area contributed by atoms with E-state index in [9.17, 15) is 9.59 Å². The molecule has 1 aromatic rings. The van der Waals surface area contributed by atoms with Crippen LogP contribution in [0.3, 0.4) is 0 Å². The van der Waals surface area contributed by atoms with Crippen LogP contribution < -0.4 is 0 Å². The molecule has 1 aromatic heterocycles. The molecule has 0 bridgehead atoms. The Kier molecular flexibility index (Phi) is 4.24. The Morgan fingerprint density at radius 3 is 2.79 bits per heavy atom. The minimum atomic E-state index is -0.939. The number of thiophene rings is 1. The number of carboxylic acid groups (broad SMARTS) is 1. The average molecular weight is 281 g/mol. The third kappa shape index (κ3) is 3.15. The fourth-order valence-electron chi connectivity index (χ4n) is 2.46. The van der Waals surface area contributed by atoms with E-state index in [1.807, 2.05) is 12.3 Å². The molecule has 0 radical (unpaired) electrons. The Morgan fingerprint density at radius 1 is 1.53 bits per heavy atom. The van der Waals surface area contributed by atoms with E-state index < -0.39 is 5.97 Å². The lowest BCUT2D eigenvalue weighted by Gasteiger charge is -2.20. The van der Waals surface area contributed by atoms with Gasteiger partial charge in [-0.1, -0.05) is 6.92 Å².